The Bertz CT molecular complexity index is 257. The normalized spacial score (nSPS) is 10.0. The van der Waals surface area contributed by atoms with Gasteiger partial charge < -0.3 is 4.74 Å². The van der Waals surface area contributed by atoms with E-state index in [4.69, 9.17) is 15.4 Å². The number of halogens is 1. The fraction of sp³-hybridized carbons (Fsp3) is 0.333. The molecule has 0 heterocycles. The van der Waals surface area contributed by atoms with Crippen LogP contribution in [0.2, 0.25) is 0 Å². The van der Waals surface area contributed by atoms with Crippen molar-refractivity contribution >= 4 is 21.7 Å². The fourth-order valence-corrected chi connectivity index (χ4v) is 1.78. The lowest BCUT2D eigenvalue weighted by atomic mass is 10.1. The summed E-state index contributed by atoms with van der Waals surface area (Å²) in [5.74, 6) is 0.845. The Labute approximate surface area is 81.6 Å². The van der Waals surface area contributed by atoms with Crippen LogP contribution in [0, 0.1) is 13.8 Å². The van der Waals surface area contributed by atoms with E-state index in [1.807, 2.05) is 12.1 Å². The van der Waals surface area contributed by atoms with Gasteiger partial charge in [0.2, 0.25) is 0 Å². The molecule has 0 aliphatic heterocycles. The first-order valence-corrected chi connectivity index (χ1v) is 5.27. The topological polar surface area (TPSA) is 9.23 Å². The molecule has 0 amide bonds. The summed E-state index contributed by atoms with van der Waals surface area (Å²) in [5.41, 5.74) is 2.46. The zero-order chi connectivity index (χ0) is 9.14. The van der Waals surface area contributed by atoms with E-state index in [9.17, 15) is 0 Å². The van der Waals surface area contributed by atoms with Crippen LogP contribution in [0.3, 0.4) is 0 Å². The molecule has 66 valence electrons. The number of hydrogen-bond donors (Lipinski definition) is 0. The van der Waals surface area contributed by atoms with E-state index in [1.54, 1.807) is 7.11 Å². The van der Waals surface area contributed by atoms with Crippen LogP contribution in [0.4, 0.5) is 0 Å². The maximum Gasteiger partial charge on any atom is 0.133 e. The molecule has 3 heteroatoms. The summed E-state index contributed by atoms with van der Waals surface area (Å²) >= 11 is 0. The van der Waals surface area contributed by atoms with Crippen molar-refractivity contribution in [1.82, 2.24) is 0 Å². The summed E-state index contributed by atoms with van der Waals surface area (Å²) in [5, 5.41) is 0. The van der Waals surface area contributed by atoms with Crippen LogP contribution in [0.15, 0.2) is 17.0 Å². The minimum absolute atomic E-state index is 0.845. The molecule has 1 nitrogen and oxygen atoms in total. The standard InChI is InChI=1S/C9H11ClOS/c1-6-4-8(11-3)9(12-10)5-7(6)2/h4-5H,1-3H3. The van der Waals surface area contributed by atoms with Gasteiger partial charge in [0, 0.05) is 0 Å². The van der Waals surface area contributed by atoms with Crippen molar-refractivity contribution in [3.8, 4) is 5.75 Å². The quantitative estimate of drug-likeness (QED) is 0.726. The van der Waals surface area contributed by atoms with Gasteiger partial charge in [0.15, 0.2) is 0 Å². The maximum absolute atomic E-state index is 5.67. The van der Waals surface area contributed by atoms with Crippen LogP contribution in [-0.2, 0) is 0 Å². The molecule has 1 aromatic carbocycles. The number of benzene rings is 1. The van der Waals surface area contributed by atoms with Crippen LogP contribution in [0.1, 0.15) is 11.1 Å². The number of ether oxygens (including phenoxy) is 1. The van der Waals surface area contributed by atoms with E-state index >= 15 is 0 Å². The minimum Gasteiger partial charge on any atom is -0.496 e. The van der Waals surface area contributed by atoms with Crippen molar-refractivity contribution in [3.63, 3.8) is 0 Å². The predicted molar refractivity (Wildman–Crippen MR) is 54.2 cm³/mol. The van der Waals surface area contributed by atoms with Crippen molar-refractivity contribution in [2.75, 3.05) is 7.11 Å². The summed E-state index contributed by atoms with van der Waals surface area (Å²) in [6, 6.07) is 4.03. The van der Waals surface area contributed by atoms with Crippen LogP contribution in [0.25, 0.3) is 0 Å². The number of aryl methyl sites for hydroxylation is 2. The number of hydrogen-bond acceptors (Lipinski definition) is 2. The second-order valence-corrected chi connectivity index (χ2v) is 3.72. The molecule has 0 aliphatic rings. The molecule has 0 aromatic heterocycles. The number of methoxy groups -OCH3 is 1. The zero-order valence-corrected chi connectivity index (χ0v) is 8.92. The van der Waals surface area contributed by atoms with E-state index < -0.39 is 0 Å². The molecule has 0 atom stereocenters. The van der Waals surface area contributed by atoms with Gasteiger partial charge in [0.25, 0.3) is 0 Å². The van der Waals surface area contributed by atoms with Crippen LogP contribution in [-0.4, -0.2) is 7.11 Å². The largest absolute Gasteiger partial charge is 0.496 e. The van der Waals surface area contributed by atoms with Crippen molar-refractivity contribution < 1.29 is 4.74 Å². The highest BCUT2D eigenvalue weighted by molar-refractivity contribution is 8.21. The predicted octanol–water partition coefficient (Wildman–Crippen LogP) is 3.56. The fourth-order valence-electron chi connectivity index (χ4n) is 0.983. The van der Waals surface area contributed by atoms with Gasteiger partial charge in [-0.15, -0.1) is 0 Å². The van der Waals surface area contributed by atoms with Crippen molar-refractivity contribution in [2.45, 2.75) is 18.7 Å². The third kappa shape index (κ3) is 1.87. The molecule has 0 fully saturated rings. The van der Waals surface area contributed by atoms with Crippen molar-refractivity contribution in [2.24, 2.45) is 0 Å². The first-order valence-electron chi connectivity index (χ1n) is 3.63. The molecule has 0 bridgehead atoms. The van der Waals surface area contributed by atoms with Gasteiger partial charge in [-0.25, -0.2) is 0 Å². The zero-order valence-electron chi connectivity index (χ0n) is 7.35. The lowest BCUT2D eigenvalue weighted by Crippen LogP contribution is -1.88. The summed E-state index contributed by atoms with van der Waals surface area (Å²) < 4.78 is 5.17. The van der Waals surface area contributed by atoms with Crippen LogP contribution < -0.4 is 4.74 Å². The third-order valence-corrected chi connectivity index (χ3v) is 2.85. The highest BCUT2D eigenvalue weighted by Crippen LogP contribution is 2.33. The molecular weight excluding hydrogens is 192 g/mol. The Kier molecular flexibility index (Phi) is 3.29. The first kappa shape index (κ1) is 9.75. The summed E-state index contributed by atoms with van der Waals surface area (Å²) in [6.45, 7) is 4.12. The van der Waals surface area contributed by atoms with Gasteiger partial charge >= 0.3 is 0 Å². The maximum atomic E-state index is 5.67. The Morgan fingerprint density at radius 1 is 1.25 bits per heavy atom. The van der Waals surface area contributed by atoms with Gasteiger partial charge in [0.05, 0.1) is 12.0 Å². The molecule has 0 aliphatic carbocycles. The third-order valence-electron chi connectivity index (χ3n) is 1.86. The van der Waals surface area contributed by atoms with Crippen molar-refractivity contribution in [1.29, 1.82) is 0 Å². The molecule has 0 unspecified atom stereocenters. The Morgan fingerprint density at radius 2 is 1.83 bits per heavy atom. The van der Waals surface area contributed by atoms with E-state index in [1.165, 1.54) is 22.1 Å². The first-order chi connectivity index (χ1) is 5.69. The summed E-state index contributed by atoms with van der Waals surface area (Å²) in [7, 11) is 8.52. The number of rotatable bonds is 2. The lowest BCUT2D eigenvalue weighted by Gasteiger charge is -2.08. The molecule has 0 spiro atoms. The molecule has 1 aromatic rings. The van der Waals surface area contributed by atoms with Gasteiger partial charge in [-0.1, -0.05) is 0 Å². The van der Waals surface area contributed by atoms with Gasteiger partial charge in [-0.05, 0) is 58.8 Å². The molecule has 0 saturated heterocycles. The van der Waals surface area contributed by atoms with Gasteiger partial charge in [0.1, 0.15) is 5.75 Å². The lowest BCUT2D eigenvalue weighted by molar-refractivity contribution is 0.404. The van der Waals surface area contributed by atoms with Gasteiger partial charge in [-0.2, -0.15) is 0 Å². The molecule has 1 rings (SSSR count). The average Bonchev–Trinajstić information content (AvgIpc) is 2.09. The Balaban J connectivity index is 3.19. The Morgan fingerprint density at radius 3 is 2.33 bits per heavy atom. The van der Waals surface area contributed by atoms with Crippen molar-refractivity contribution in [3.05, 3.63) is 23.3 Å². The Hall–Kier alpha value is -0.340. The van der Waals surface area contributed by atoms with Crippen LogP contribution in [0.5, 0.6) is 5.75 Å². The molecule has 12 heavy (non-hydrogen) atoms. The monoisotopic (exact) mass is 202 g/mol. The van der Waals surface area contributed by atoms with Gasteiger partial charge in [-0.3, -0.25) is 0 Å². The SMILES string of the molecule is COc1cc(C)c(C)cc1SCl. The minimum atomic E-state index is 0.845. The second kappa shape index (κ2) is 4.06. The van der Waals surface area contributed by atoms with E-state index in [0.29, 0.717) is 0 Å². The van der Waals surface area contributed by atoms with Crippen LogP contribution >= 0.6 is 21.7 Å². The second-order valence-electron chi connectivity index (χ2n) is 2.66. The summed E-state index contributed by atoms with van der Waals surface area (Å²) in [4.78, 5) is 0.974. The molecule has 0 N–H and O–H groups in total. The molecule has 0 saturated carbocycles. The smallest absolute Gasteiger partial charge is 0.133 e. The van der Waals surface area contributed by atoms with E-state index in [0.717, 1.165) is 10.6 Å². The average molecular weight is 203 g/mol. The molecule has 0 radical (unpaired) electrons. The molecular formula is C9H11ClOS. The van der Waals surface area contributed by atoms with E-state index in [2.05, 4.69) is 13.8 Å². The highest BCUT2D eigenvalue weighted by Gasteiger charge is 2.04. The summed E-state index contributed by atoms with van der Waals surface area (Å²) in [6.07, 6.45) is 0. The van der Waals surface area contributed by atoms with E-state index in [-0.39, 0.29) is 0 Å². The highest BCUT2D eigenvalue weighted by atomic mass is 35.7.